The summed E-state index contributed by atoms with van der Waals surface area (Å²) in [5.41, 5.74) is 1.35. The van der Waals surface area contributed by atoms with Crippen LogP contribution in [0, 0.1) is 0 Å². The monoisotopic (exact) mass is 263 g/mol. The fourth-order valence-electron chi connectivity index (χ4n) is 2.73. The van der Waals surface area contributed by atoms with E-state index in [0.717, 1.165) is 44.5 Å². The first kappa shape index (κ1) is 14.4. The van der Waals surface area contributed by atoms with Gasteiger partial charge in [0.15, 0.2) is 0 Å². The molecule has 106 valence electrons. The lowest BCUT2D eigenvalue weighted by Crippen LogP contribution is -2.43. The molecule has 0 saturated carbocycles. The number of aryl methyl sites for hydroxylation is 1. The third kappa shape index (κ3) is 4.22. The highest BCUT2D eigenvalue weighted by Crippen LogP contribution is 2.17. The summed E-state index contributed by atoms with van der Waals surface area (Å²) in [5, 5.41) is 9.72. The third-order valence-electron chi connectivity index (χ3n) is 4.06. The highest BCUT2D eigenvalue weighted by molar-refractivity contribution is 5.27. The van der Waals surface area contributed by atoms with E-state index in [0.29, 0.717) is 6.04 Å². The number of rotatable bonds is 5. The Labute approximate surface area is 116 Å². The minimum atomic E-state index is -0.128. The van der Waals surface area contributed by atoms with Crippen LogP contribution in [-0.4, -0.2) is 42.4 Å². The van der Waals surface area contributed by atoms with Gasteiger partial charge in [0.25, 0.3) is 0 Å². The summed E-state index contributed by atoms with van der Waals surface area (Å²) < 4.78 is 5.17. The highest BCUT2D eigenvalue weighted by atomic mass is 16.5. The summed E-state index contributed by atoms with van der Waals surface area (Å²) in [5.74, 6) is 0.913. The van der Waals surface area contributed by atoms with Crippen molar-refractivity contribution in [3.63, 3.8) is 0 Å². The Morgan fingerprint density at radius 2 is 2.11 bits per heavy atom. The van der Waals surface area contributed by atoms with Crippen LogP contribution in [0.5, 0.6) is 5.75 Å². The van der Waals surface area contributed by atoms with Gasteiger partial charge in [-0.3, -0.25) is 4.90 Å². The normalized spacial score (nSPS) is 22.2. The number of nitrogens with zero attached hydrogens (tertiary/aromatic N) is 1. The molecular formula is C16H25NO2. The number of hydrogen-bond acceptors (Lipinski definition) is 3. The first-order valence-corrected chi connectivity index (χ1v) is 7.24. The summed E-state index contributed by atoms with van der Waals surface area (Å²) in [6.07, 6.45) is 4.17. The van der Waals surface area contributed by atoms with Crippen LogP contribution in [0.2, 0.25) is 0 Å². The van der Waals surface area contributed by atoms with Gasteiger partial charge in [-0.15, -0.1) is 0 Å². The van der Waals surface area contributed by atoms with Crippen LogP contribution in [0.25, 0.3) is 0 Å². The first-order valence-electron chi connectivity index (χ1n) is 7.24. The molecule has 2 rings (SSSR count). The topological polar surface area (TPSA) is 32.7 Å². The van der Waals surface area contributed by atoms with E-state index in [1.807, 2.05) is 12.1 Å². The Kier molecular flexibility index (Phi) is 5.23. The number of aliphatic hydroxyl groups is 1. The molecule has 1 heterocycles. The number of aliphatic hydroxyl groups excluding tert-OH is 1. The van der Waals surface area contributed by atoms with Gasteiger partial charge < -0.3 is 9.84 Å². The Balaban J connectivity index is 1.80. The molecule has 3 heteroatoms. The zero-order valence-electron chi connectivity index (χ0n) is 12.0. The molecule has 0 radical (unpaired) electrons. The zero-order chi connectivity index (χ0) is 13.7. The van der Waals surface area contributed by atoms with E-state index < -0.39 is 0 Å². The second-order valence-electron chi connectivity index (χ2n) is 5.53. The van der Waals surface area contributed by atoms with Gasteiger partial charge >= 0.3 is 0 Å². The lowest BCUT2D eigenvalue weighted by molar-refractivity contribution is 0.0487. The third-order valence-corrected chi connectivity index (χ3v) is 4.06. The first-order chi connectivity index (χ1) is 9.19. The fraction of sp³-hybridized carbons (Fsp3) is 0.625. The van der Waals surface area contributed by atoms with Crippen molar-refractivity contribution in [1.82, 2.24) is 4.90 Å². The highest BCUT2D eigenvalue weighted by Gasteiger charge is 2.21. The molecule has 0 unspecified atom stereocenters. The Bertz CT molecular complexity index is 377. The van der Waals surface area contributed by atoms with E-state index in [4.69, 9.17) is 4.74 Å². The maximum Gasteiger partial charge on any atom is 0.118 e. The van der Waals surface area contributed by atoms with Gasteiger partial charge in [0.05, 0.1) is 13.2 Å². The molecule has 1 N–H and O–H groups in total. The van der Waals surface area contributed by atoms with Gasteiger partial charge in [0, 0.05) is 12.6 Å². The number of hydrogen-bond donors (Lipinski definition) is 1. The lowest BCUT2D eigenvalue weighted by Gasteiger charge is -2.34. The van der Waals surface area contributed by atoms with E-state index >= 15 is 0 Å². The largest absolute Gasteiger partial charge is 0.497 e. The van der Waals surface area contributed by atoms with Crippen molar-refractivity contribution in [3.05, 3.63) is 29.8 Å². The van der Waals surface area contributed by atoms with Gasteiger partial charge in [-0.05, 0) is 56.8 Å². The molecule has 1 fully saturated rings. The van der Waals surface area contributed by atoms with Crippen molar-refractivity contribution < 1.29 is 9.84 Å². The summed E-state index contributed by atoms with van der Waals surface area (Å²) in [6.45, 7) is 4.23. The summed E-state index contributed by atoms with van der Waals surface area (Å²) in [7, 11) is 1.69. The number of benzene rings is 1. The van der Waals surface area contributed by atoms with Crippen molar-refractivity contribution in [2.75, 3.05) is 20.2 Å². The van der Waals surface area contributed by atoms with E-state index in [1.54, 1.807) is 7.11 Å². The van der Waals surface area contributed by atoms with Crippen molar-refractivity contribution in [1.29, 1.82) is 0 Å². The Hall–Kier alpha value is -1.06. The van der Waals surface area contributed by atoms with Crippen molar-refractivity contribution in [2.45, 2.75) is 44.8 Å². The molecule has 19 heavy (non-hydrogen) atoms. The standard InChI is InChI=1S/C16H25NO2/c1-13(17-11-3-4-15(18)12-17)5-6-14-7-9-16(19-2)10-8-14/h7-10,13,15,18H,3-6,11-12H2,1-2H3/t13-,15+/m1/s1. The number of likely N-dealkylation sites (tertiary alicyclic amines) is 1. The number of ether oxygens (including phenoxy) is 1. The minimum Gasteiger partial charge on any atom is -0.497 e. The van der Waals surface area contributed by atoms with Crippen molar-refractivity contribution in [2.24, 2.45) is 0 Å². The molecule has 0 amide bonds. The van der Waals surface area contributed by atoms with Crippen molar-refractivity contribution in [3.8, 4) is 5.75 Å². The van der Waals surface area contributed by atoms with Gasteiger partial charge in [-0.25, -0.2) is 0 Å². The van der Waals surface area contributed by atoms with Crippen molar-refractivity contribution >= 4 is 0 Å². The predicted molar refractivity (Wildman–Crippen MR) is 77.6 cm³/mol. The molecule has 2 atom stereocenters. The summed E-state index contributed by atoms with van der Waals surface area (Å²) >= 11 is 0. The van der Waals surface area contributed by atoms with Crippen LogP contribution in [-0.2, 0) is 6.42 Å². The van der Waals surface area contributed by atoms with Gasteiger partial charge in [0.1, 0.15) is 5.75 Å². The van der Waals surface area contributed by atoms with Crippen LogP contribution in [0.4, 0.5) is 0 Å². The van der Waals surface area contributed by atoms with E-state index in [1.165, 1.54) is 5.56 Å². The molecular weight excluding hydrogens is 238 g/mol. The maximum absolute atomic E-state index is 9.72. The van der Waals surface area contributed by atoms with E-state index in [9.17, 15) is 5.11 Å². The number of piperidine rings is 1. The summed E-state index contributed by atoms with van der Waals surface area (Å²) in [6, 6.07) is 8.85. The molecule has 1 saturated heterocycles. The van der Waals surface area contributed by atoms with Crippen LogP contribution in [0.3, 0.4) is 0 Å². The second kappa shape index (κ2) is 6.92. The maximum atomic E-state index is 9.72. The molecule has 0 bridgehead atoms. The molecule has 1 aliphatic rings. The smallest absolute Gasteiger partial charge is 0.118 e. The number of methoxy groups -OCH3 is 1. The molecule has 0 aliphatic carbocycles. The van der Waals surface area contributed by atoms with Gasteiger partial charge in [-0.1, -0.05) is 12.1 Å². The van der Waals surface area contributed by atoms with Crippen LogP contribution in [0.15, 0.2) is 24.3 Å². The van der Waals surface area contributed by atoms with Gasteiger partial charge in [-0.2, -0.15) is 0 Å². The summed E-state index contributed by atoms with van der Waals surface area (Å²) in [4.78, 5) is 2.41. The van der Waals surface area contributed by atoms with Crippen LogP contribution in [0.1, 0.15) is 31.7 Å². The lowest BCUT2D eigenvalue weighted by atomic mass is 10.0. The molecule has 0 aromatic heterocycles. The molecule has 3 nitrogen and oxygen atoms in total. The van der Waals surface area contributed by atoms with E-state index in [2.05, 4.69) is 24.0 Å². The molecule has 1 aromatic carbocycles. The fourth-order valence-corrected chi connectivity index (χ4v) is 2.73. The second-order valence-corrected chi connectivity index (χ2v) is 5.53. The van der Waals surface area contributed by atoms with Crippen LogP contribution >= 0.6 is 0 Å². The predicted octanol–water partition coefficient (Wildman–Crippen LogP) is 2.47. The zero-order valence-corrected chi connectivity index (χ0v) is 12.0. The number of β-amino-alcohol motifs (C(OH)–C–C–N with tert-alkyl or cyclic N) is 1. The molecule has 1 aromatic rings. The average molecular weight is 263 g/mol. The molecule has 0 spiro atoms. The average Bonchev–Trinajstić information content (AvgIpc) is 2.45. The van der Waals surface area contributed by atoms with Gasteiger partial charge in [0.2, 0.25) is 0 Å². The van der Waals surface area contributed by atoms with Crippen LogP contribution < -0.4 is 4.74 Å². The Morgan fingerprint density at radius 1 is 1.37 bits per heavy atom. The quantitative estimate of drug-likeness (QED) is 0.886. The minimum absolute atomic E-state index is 0.128. The van der Waals surface area contributed by atoms with E-state index in [-0.39, 0.29) is 6.10 Å². The SMILES string of the molecule is COc1ccc(CC[C@@H](C)N2CCC[C@H](O)C2)cc1. The molecule has 1 aliphatic heterocycles. The Morgan fingerprint density at radius 3 is 2.74 bits per heavy atom.